The van der Waals surface area contributed by atoms with Crippen molar-refractivity contribution in [3.05, 3.63) is 0 Å². The number of nitrogens with zero attached hydrogens (tertiary/aromatic N) is 1. The quantitative estimate of drug-likeness (QED) is 0.525. The number of rotatable bonds is 9. The fourth-order valence-electron chi connectivity index (χ4n) is 1.52. The van der Waals surface area contributed by atoms with Gasteiger partial charge < -0.3 is 20.8 Å². The van der Waals surface area contributed by atoms with Crippen molar-refractivity contribution in [1.82, 2.24) is 4.90 Å². The van der Waals surface area contributed by atoms with Gasteiger partial charge in [-0.25, -0.2) is 0 Å². The van der Waals surface area contributed by atoms with Gasteiger partial charge in [0, 0.05) is 6.42 Å². The van der Waals surface area contributed by atoms with Gasteiger partial charge in [-0.1, -0.05) is 6.92 Å². The zero-order valence-electron chi connectivity index (χ0n) is 10.5. The molecule has 0 aromatic heterocycles. The van der Waals surface area contributed by atoms with E-state index in [2.05, 4.69) is 0 Å². The zero-order valence-corrected chi connectivity index (χ0v) is 10.5. The van der Waals surface area contributed by atoms with Crippen molar-refractivity contribution in [3.63, 3.8) is 0 Å². The van der Waals surface area contributed by atoms with Gasteiger partial charge in [0.1, 0.15) is 13.1 Å². The van der Waals surface area contributed by atoms with E-state index < -0.39 is 30.9 Å². The zero-order chi connectivity index (χ0) is 14.1. The molecule has 7 heteroatoms. The highest BCUT2D eigenvalue weighted by molar-refractivity contribution is 5.85. The molecule has 1 unspecified atom stereocenters. The van der Waals surface area contributed by atoms with Crippen LogP contribution in [0, 0.1) is 5.92 Å². The van der Waals surface area contributed by atoms with Crippen LogP contribution in [0.5, 0.6) is 0 Å². The van der Waals surface area contributed by atoms with E-state index >= 15 is 0 Å². The molecular formula is C11H20N2O5. The number of carboxylic acid groups (broad SMARTS) is 2. The summed E-state index contributed by atoms with van der Waals surface area (Å²) in [4.78, 5) is 33.6. The fraction of sp³-hybridized carbons (Fsp3) is 0.727. The third kappa shape index (κ3) is 7.61. The van der Waals surface area contributed by atoms with Crippen molar-refractivity contribution in [3.8, 4) is 0 Å². The molecule has 1 amide bonds. The number of hydrogen-bond donors (Lipinski definition) is 3. The molecule has 18 heavy (non-hydrogen) atoms. The lowest BCUT2D eigenvalue weighted by atomic mass is 10.0. The van der Waals surface area contributed by atoms with Crippen LogP contribution in [0.2, 0.25) is 0 Å². The molecule has 104 valence electrons. The molecule has 0 spiro atoms. The summed E-state index contributed by atoms with van der Waals surface area (Å²) in [6.45, 7) is 1.30. The monoisotopic (exact) mass is 260 g/mol. The Labute approximate surface area is 106 Å². The normalized spacial score (nSPS) is 11.9. The Morgan fingerprint density at radius 3 is 2.00 bits per heavy atom. The first-order valence-corrected chi connectivity index (χ1v) is 5.78. The van der Waals surface area contributed by atoms with Crippen molar-refractivity contribution in [2.75, 3.05) is 19.6 Å². The van der Waals surface area contributed by atoms with Crippen LogP contribution < -0.4 is 5.73 Å². The van der Waals surface area contributed by atoms with E-state index in [0.29, 0.717) is 13.0 Å². The molecule has 0 aromatic rings. The lowest BCUT2D eigenvalue weighted by Gasteiger charge is -2.19. The second-order valence-corrected chi connectivity index (χ2v) is 4.26. The summed E-state index contributed by atoms with van der Waals surface area (Å²) in [6.07, 6.45) is 1.50. The van der Waals surface area contributed by atoms with Gasteiger partial charge in [0.05, 0.1) is 0 Å². The molecule has 0 bridgehead atoms. The Morgan fingerprint density at radius 1 is 1.11 bits per heavy atom. The highest BCUT2D eigenvalue weighted by Crippen LogP contribution is 2.10. The number of aliphatic carboxylic acids is 2. The highest BCUT2D eigenvalue weighted by Gasteiger charge is 2.19. The third-order valence-electron chi connectivity index (χ3n) is 2.52. The standard InChI is InChI=1S/C11H20N2O5/c1-8(4-5-12)2-3-9(14)13(6-10(15)16)7-11(17)18/h8H,2-7,12H2,1H3,(H,15,16)(H,17,18). The Morgan fingerprint density at radius 2 is 1.61 bits per heavy atom. The van der Waals surface area contributed by atoms with Gasteiger partial charge >= 0.3 is 11.9 Å². The van der Waals surface area contributed by atoms with E-state index in [1.54, 1.807) is 0 Å². The van der Waals surface area contributed by atoms with E-state index in [0.717, 1.165) is 11.3 Å². The minimum Gasteiger partial charge on any atom is -0.480 e. The Balaban J connectivity index is 4.28. The van der Waals surface area contributed by atoms with E-state index in [1.165, 1.54) is 0 Å². The predicted molar refractivity (Wildman–Crippen MR) is 63.9 cm³/mol. The van der Waals surface area contributed by atoms with Crippen molar-refractivity contribution in [1.29, 1.82) is 0 Å². The molecule has 0 saturated carbocycles. The molecule has 0 aliphatic heterocycles. The summed E-state index contributed by atoms with van der Waals surface area (Å²) in [5, 5.41) is 17.2. The molecule has 0 rings (SSSR count). The maximum Gasteiger partial charge on any atom is 0.323 e. The van der Waals surface area contributed by atoms with Crippen LogP contribution in [0.3, 0.4) is 0 Å². The average molecular weight is 260 g/mol. The maximum atomic E-state index is 11.7. The number of carbonyl (C=O) groups excluding carboxylic acids is 1. The number of hydrogen-bond acceptors (Lipinski definition) is 4. The predicted octanol–water partition coefficient (Wildman–Crippen LogP) is -0.251. The second kappa shape index (κ2) is 8.46. The van der Waals surface area contributed by atoms with Gasteiger partial charge in [0.2, 0.25) is 5.91 Å². The molecule has 1 atom stereocenters. The summed E-state index contributed by atoms with van der Waals surface area (Å²) in [5.41, 5.74) is 5.38. The summed E-state index contributed by atoms with van der Waals surface area (Å²) in [7, 11) is 0. The largest absolute Gasteiger partial charge is 0.480 e. The first-order chi connectivity index (χ1) is 8.36. The van der Waals surface area contributed by atoms with Crippen LogP contribution in [-0.4, -0.2) is 52.6 Å². The van der Waals surface area contributed by atoms with Crippen molar-refractivity contribution >= 4 is 17.8 Å². The number of carboxylic acids is 2. The smallest absolute Gasteiger partial charge is 0.323 e. The molecule has 0 fully saturated rings. The molecule has 0 aliphatic rings. The summed E-state index contributed by atoms with van der Waals surface area (Å²) >= 11 is 0. The topological polar surface area (TPSA) is 121 Å². The molecule has 0 heterocycles. The van der Waals surface area contributed by atoms with Crippen LogP contribution in [0.25, 0.3) is 0 Å². The van der Waals surface area contributed by atoms with Crippen molar-refractivity contribution in [2.24, 2.45) is 11.7 Å². The Bertz CT molecular complexity index is 290. The molecule has 0 radical (unpaired) electrons. The lowest BCUT2D eigenvalue weighted by Crippen LogP contribution is -2.39. The van der Waals surface area contributed by atoms with Crippen LogP contribution in [0.4, 0.5) is 0 Å². The number of nitrogens with two attached hydrogens (primary N) is 1. The van der Waals surface area contributed by atoms with Gasteiger partial charge in [-0.3, -0.25) is 14.4 Å². The van der Waals surface area contributed by atoms with E-state index in [1.807, 2.05) is 6.92 Å². The minimum absolute atomic E-state index is 0.141. The van der Waals surface area contributed by atoms with Crippen LogP contribution in [0.1, 0.15) is 26.2 Å². The first kappa shape index (κ1) is 16.4. The van der Waals surface area contributed by atoms with Gasteiger partial charge in [-0.2, -0.15) is 0 Å². The second-order valence-electron chi connectivity index (χ2n) is 4.26. The molecule has 7 nitrogen and oxygen atoms in total. The van der Waals surface area contributed by atoms with Crippen LogP contribution in [0.15, 0.2) is 0 Å². The summed E-state index contributed by atoms with van der Waals surface area (Å²) < 4.78 is 0. The maximum absolute atomic E-state index is 11.7. The van der Waals surface area contributed by atoms with E-state index in [4.69, 9.17) is 15.9 Å². The molecule has 0 aliphatic carbocycles. The summed E-state index contributed by atoms with van der Waals surface area (Å²) in [5.74, 6) is -2.64. The molecule has 4 N–H and O–H groups in total. The van der Waals surface area contributed by atoms with Gasteiger partial charge in [0.25, 0.3) is 0 Å². The Hall–Kier alpha value is -1.63. The highest BCUT2D eigenvalue weighted by atomic mass is 16.4. The SMILES string of the molecule is CC(CCN)CCC(=O)N(CC(=O)O)CC(=O)O. The lowest BCUT2D eigenvalue weighted by molar-refractivity contribution is -0.149. The van der Waals surface area contributed by atoms with E-state index in [9.17, 15) is 14.4 Å². The van der Waals surface area contributed by atoms with Gasteiger partial charge in [0.15, 0.2) is 0 Å². The first-order valence-electron chi connectivity index (χ1n) is 5.78. The van der Waals surface area contributed by atoms with Gasteiger partial charge in [-0.15, -0.1) is 0 Å². The van der Waals surface area contributed by atoms with Crippen molar-refractivity contribution in [2.45, 2.75) is 26.2 Å². The van der Waals surface area contributed by atoms with Crippen LogP contribution >= 0.6 is 0 Å². The van der Waals surface area contributed by atoms with Crippen LogP contribution in [-0.2, 0) is 14.4 Å². The van der Waals surface area contributed by atoms with E-state index in [-0.39, 0.29) is 12.3 Å². The average Bonchev–Trinajstić information content (AvgIpc) is 2.24. The summed E-state index contributed by atoms with van der Waals surface area (Å²) in [6, 6.07) is 0. The molecule has 0 aromatic carbocycles. The molecule has 0 saturated heterocycles. The molecular weight excluding hydrogens is 240 g/mol. The Kier molecular flexibility index (Phi) is 7.69. The number of amides is 1. The van der Waals surface area contributed by atoms with Gasteiger partial charge in [-0.05, 0) is 25.3 Å². The fourth-order valence-corrected chi connectivity index (χ4v) is 1.52. The third-order valence-corrected chi connectivity index (χ3v) is 2.52. The minimum atomic E-state index is -1.22. The van der Waals surface area contributed by atoms with Crippen molar-refractivity contribution < 1.29 is 24.6 Å². The number of carbonyl (C=O) groups is 3.